The number of morpholine rings is 1. The number of rotatable bonds is 6. The van der Waals surface area contributed by atoms with E-state index in [1.54, 1.807) is 0 Å². The fraction of sp³-hybridized carbons (Fsp3) is 0.333. The summed E-state index contributed by atoms with van der Waals surface area (Å²) >= 11 is 0. The Morgan fingerprint density at radius 1 is 1.15 bits per heavy atom. The number of nitrogens with one attached hydrogen (secondary N) is 1. The van der Waals surface area contributed by atoms with Gasteiger partial charge in [0.05, 0.1) is 24.9 Å². The van der Waals surface area contributed by atoms with Gasteiger partial charge in [-0.3, -0.25) is 9.69 Å². The molecule has 0 spiro atoms. The van der Waals surface area contributed by atoms with Crippen LogP contribution in [0.5, 0.6) is 0 Å². The molecule has 1 amide bonds. The van der Waals surface area contributed by atoms with Crippen LogP contribution in [0.4, 0.5) is 0 Å². The van der Waals surface area contributed by atoms with E-state index in [0.29, 0.717) is 12.1 Å². The monoisotopic (exact) mass is 364 g/mol. The fourth-order valence-electron chi connectivity index (χ4n) is 3.42. The first kappa shape index (κ1) is 17.7. The van der Waals surface area contributed by atoms with Gasteiger partial charge in [0.15, 0.2) is 0 Å². The summed E-state index contributed by atoms with van der Waals surface area (Å²) in [6.45, 7) is 5.25. The molecule has 6 heteroatoms. The topological polar surface area (TPSA) is 58.9 Å². The standard InChI is InChI=1S/C21H24N4O2/c26-21(22-8-4-9-24-11-13-27-14-12-24)18-6-3-5-17(15-18)19-16-23-25-10-2-1-7-20(19)25/h1-3,5-7,10,15-16H,4,8-9,11-14H2,(H,22,26). The lowest BCUT2D eigenvalue weighted by Gasteiger charge is -2.26. The number of ether oxygens (including phenoxy) is 1. The number of pyridine rings is 1. The van der Waals surface area contributed by atoms with Crippen molar-refractivity contribution in [3.8, 4) is 11.1 Å². The van der Waals surface area contributed by atoms with Crippen LogP contribution in [-0.4, -0.2) is 59.8 Å². The van der Waals surface area contributed by atoms with Crippen molar-refractivity contribution in [2.75, 3.05) is 39.4 Å². The van der Waals surface area contributed by atoms with Gasteiger partial charge in [-0.15, -0.1) is 0 Å². The minimum atomic E-state index is -0.0321. The summed E-state index contributed by atoms with van der Waals surface area (Å²) in [5.74, 6) is -0.0321. The highest BCUT2D eigenvalue weighted by Crippen LogP contribution is 2.25. The lowest BCUT2D eigenvalue weighted by atomic mass is 10.0. The zero-order chi connectivity index (χ0) is 18.5. The highest BCUT2D eigenvalue weighted by atomic mass is 16.5. The Kier molecular flexibility index (Phi) is 5.46. The first-order chi connectivity index (χ1) is 13.3. The molecular weight excluding hydrogens is 340 g/mol. The predicted octanol–water partition coefficient (Wildman–Crippen LogP) is 2.45. The Labute approximate surface area is 158 Å². The van der Waals surface area contributed by atoms with Gasteiger partial charge < -0.3 is 10.1 Å². The Hall–Kier alpha value is -2.70. The average Bonchev–Trinajstić information content (AvgIpc) is 3.16. The zero-order valence-electron chi connectivity index (χ0n) is 15.3. The smallest absolute Gasteiger partial charge is 0.251 e. The molecule has 3 aromatic rings. The van der Waals surface area contributed by atoms with Gasteiger partial charge in [-0.25, -0.2) is 4.52 Å². The molecule has 27 heavy (non-hydrogen) atoms. The molecular formula is C21H24N4O2. The third-order valence-corrected chi connectivity index (χ3v) is 4.90. The van der Waals surface area contributed by atoms with Gasteiger partial charge in [-0.1, -0.05) is 18.2 Å². The van der Waals surface area contributed by atoms with Crippen LogP contribution in [0.1, 0.15) is 16.8 Å². The van der Waals surface area contributed by atoms with E-state index in [0.717, 1.165) is 55.9 Å². The number of aromatic nitrogens is 2. The molecule has 2 aromatic heterocycles. The maximum atomic E-state index is 12.5. The molecule has 4 rings (SSSR count). The summed E-state index contributed by atoms with van der Waals surface area (Å²) in [6, 6.07) is 13.7. The number of nitrogens with zero attached hydrogens (tertiary/aromatic N) is 3. The van der Waals surface area contributed by atoms with Crippen molar-refractivity contribution in [2.24, 2.45) is 0 Å². The van der Waals surface area contributed by atoms with E-state index in [4.69, 9.17) is 4.74 Å². The van der Waals surface area contributed by atoms with Gasteiger partial charge in [0, 0.05) is 37.0 Å². The van der Waals surface area contributed by atoms with Gasteiger partial charge in [-0.2, -0.15) is 5.10 Å². The zero-order valence-corrected chi connectivity index (χ0v) is 15.3. The molecule has 1 aliphatic heterocycles. The Morgan fingerprint density at radius 3 is 2.93 bits per heavy atom. The van der Waals surface area contributed by atoms with E-state index in [1.807, 2.05) is 59.4 Å². The van der Waals surface area contributed by atoms with E-state index in [1.165, 1.54) is 0 Å². The van der Waals surface area contributed by atoms with Crippen LogP contribution in [-0.2, 0) is 4.74 Å². The lowest BCUT2D eigenvalue weighted by molar-refractivity contribution is 0.0374. The van der Waals surface area contributed by atoms with Crippen LogP contribution in [0.25, 0.3) is 16.6 Å². The van der Waals surface area contributed by atoms with E-state index < -0.39 is 0 Å². The lowest BCUT2D eigenvalue weighted by Crippen LogP contribution is -2.38. The highest BCUT2D eigenvalue weighted by molar-refractivity contribution is 5.96. The van der Waals surface area contributed by atoms with Gasteiger partial charge in [0.1, 0.15) is 0 Å². The minimum absolute atomic E-state index is 0.0321. The summed E-state index contributed by atoms with van der Waals surface area (Å²) in [7, 11) is 0. The molecule has 1 N–H and O–H groups in total. The molecule has 1 aromatic carbocycles. The van der Waals surface area contributed by atoms with Crippen molar-refractivity contribution in [3.63, 3.8) is 0 Å². The second-order valence-electron chi connectivity index (χ2n) is 6.73. The van der Waals surface area contributed by atoms with E-state index in [-0.39, 0.29) is 5.91 Å². The van der Waals surface area contributed by atoms with E-state index in [9.17, 15) is 4.79 Å². The van der Waals surface area contributed by atoms with Crippen molar-refractivity contribution in [1.82, 2.24) is 19.8 Å². The third kappa shape index (κ3) is 4.18. The van der Waals surface area contributed by atoms with Crippen LogP contribution in [0.15, 0.2) is 54.9 Å². The van der Waals surface area contributed by atoms with Gasteiger partial charge in [0.25, 0.3) is 5.91 Å². The molecule has 1 aliphatic rings. The number of carbonyl (C=O) groups is 1. The molecule has 0 aliphatic carbocycles. The first-order valence-electron chi connectivity index (χ1n) is 9.42. The Bertz CT molecular complexity index is 915. The largest absolute Gasteiger partial charge is 0.379 e. The van der Waals surface area contributed by atoms with Crippen LogP contribution >= 0.6 is 0 Å². The summed E-state index contributed by atoms with van der Waals surface area (Å²) in [5.41, 5.74) is 3.73. The molecule has 1 saturated heterocycles. The normalized spacial score (nSPS) is 15.1. The SMILES string of the molecule is O=C(NCCCN1CCOCC1)c1cccc(-c2cnn3ccccc23)c1. The second-order valence-corrected chi connectivity index (χ2v) is 6.73. The molecule has 1 fully saturated rings. The van der Waals surface area contributed by atoms with Gasteiger partial charge in [0.2, 0.25) is 0 Å². The highest BCUT2D eigenvalue weighted by Gasteiger charge is 2.12. The molecule has 0 unspecified atom stereocenters. The summed E-state index contributed by atoms with van der Waals surface area (Å²) in [5, 5.41) is 7.41. The second kappa shape index (κ2) is 8.33. The number of carbonyl (C=O) groups excluding carboxylic acids is 1. The van der Waals surface area contributed by atoms with E-state index >= 15 is 0 Å². The van der Waals surface area contributed by atoms with Crippen LogP contribution in [0, 0.1) is 0 Å². The molecule has 0 bridgehead atoms. The van der Waals surface area contributed by atoms with Gasteiger partial charge >= 0.3 is 0 Å². The summed E-state index contributed by atoms with van der Waals surface area (Å²) in [4.78, 5) is 14.9. The molecule has 0 radical (unpaired) electrons. The van der Waals surface area contributed by atoms with Crippen LogP contribution in [0.3, 0.4) is 0 Å². The van der Waals surface area contributed by atoms with Gasteiger partial charge in [-0.05, 0) is 42.8 Å². The number of hydrogen-bond acceptors (Lipinski definition) is 4. The number of hydrogen-bond donors (Lipinski definition) is 1. The number of amides is 1. The maximum absolute atomic E-state index is 12.5. The predicted molar refractivity (Wildman–Crippen MR) is 105 cm³/mol. The minimum Gasteiger partial charge on any atom is -0.379 e. The third-order valence-electron chi connectivity index (χ3n) is 4.90. The molecule has 0 atom stereocenters. The Balaban J connectivity index is 1.37. The van der Waals surface area contributed by atoms with Crippen molar-refractivity contribution >= 4 is 11.4 Å². The van der Waals surface area contributed by atoms with Crippen LogP contribution < -0.4 is 5.32 Å². The van der Waals surface area contributed by atoms with Crippen molar-refractivity contribution in [1.29, 1.82) is 0 Å². The van der Waals surface area contributed by atoms with Crippen molar-refractivity contribution in [2.45, 2.75) is 6.42 Å². The van der Waals surface area contributed by atoms with Crippen molar-refractivity contribution in [3.05, 3.63) is 60.4 Å². The number of fused-ring (bicyclic) bond motifs is 1. The molecule has 0 saturated carbocycles. The van der Waals surface area contributed by atoms with Crippen molar-refractivity contribution < 1.29 is 9.53 Å². The summed E-state index contributed by atoms with van der Waals surface area (Å²) < 4.78 is 7.19. The van der Waals surface area contributed by atoms with Crippen LogP contribution in [0.2, 0.25) is 0 Å². The Morgan fingerprint density at radius 2 is 2.04 bits per heavy atom. The molecule has 3 heterocycles. The number of benzene rings is 1. The quantitative estimate of drug-likeness (QED) is 0.683. The molecule has 6 nitrogen and oxygen atoms in total. The fourth-order valence-corrected chi connectivity index (χ4v) is 3.42. The molecule has 140 valence electrons. The summed E-state index contributed by atoms with van der Waals surface area (Å²) in [6.07, 6.45) is 4.71. The first-order valence-corrected chi connectivity index (χ1v) is 9.42. The van der Waals surface area contributed by atoms with E-state index in [2.05, 4.69) is 15.3 Å². The maximum Gasteiger partial charge on any atom is 0.251 e. The average molecular weight is 364 g/mol.